The number of fused-ring (bicyclic) bond motifs is 1. The molecule has 2 aromatic carbocycles. The van der Waals surface area contributed by atoms with Crippen molar-refractivity contribution in [3.8, 4) is 11.5 Å². The Hall–Kier alpha value is -3.52. The van der Waals surface area contributed by atoms with Gasteiger partial charge in [0.2, 0.25) is 5.91 Å². The van der Waals surface area contributed by atoms with Crippen molar-refractivity contribution in [3.63, 3.8) is 0 Å². The van der Waals surface area contributed by atoms with E-state index >= 15 is 0 Å². The van der Waals surface area contributed by atoms with Gasteiger partial charge in [0.25, 0.3) is 5.91 Å². The van der Waals surface area contributed by atoms with E-state index in [1.807, 2.05) is 58.3 Å². The van der Waals surface area contributed by atoms with Crippen LogP contribution in [-0.2, 0) is 4.79 Å². The molecule has 5 rings (SSSR count). The van der Waals surface area contributed by atoms with Gasteiger partial charge in [-0.25, -0.2) is 0 Å². The van der Waals surface area contributed by atoms with Gasteiger partial charge in [-0.3, -0.25) is 14.5 Å². The fraction of sp³-hybridized carbons (Fsp3) is 0.407. The molecule has 1 unspecified atom stereocenters. The quantitative estimate of drug-likeness (QED) is 0.591. The fourth-order valence-corrected chi connectivity index (χ4v) is 5.24. The van der Waals surface area contributed by atoms with Crippen LogP contribution >= 0.6 is 0 Å². The maximum atomic E-state index is 13.3. The van der Waals surface area contributed by atoms with Crippen molar-refractivity contribution in [2.45, 2.75) is 18.9 Å². The monoisotopic (exact) mass is 476 g/mol. The lowest BCUT2D eigenvalue weighted by Crippen LogP contribution is -2.51. The number of amides is 2. The molecule has 0 radical (unpaired) electrons. The number of carbonyl (C=O) groups excluding carboxylic acids is 2. The van der Waals surface area contributed by atoms with Gasteiger partial charge < -0.3 is 24.3 Å². The Labute approximate surface area is 205 Å². The Morgan fingerprint density at radius 3 is 2.51 bits per heavy atom. The molecule has 1 N–H and O–H groups in total. The van der Waals surface area contributed by atoms with Crippen LogP contribution in [0.3, 0.4) is 0 Å². The Bertz CT molecular complexity index is 1180. The van der Waals surface area contributed by atoms with Crippen molar-refractivity contribution in [1.29, 1.82) is 0 Å². The highest BCUT2D eigenvalue weighted by Crippen LogP contribution is 2.39. The van der Waals surface area contributed by atoms with Crippen LogP contribution in [0, 0.1) is 0 Å². The van der Waals surface area contributed by atoms with Crippen LogP contribution < -0.4 is 9.47 Å². The third-order valence-electron chi connectivity index (χ3n) is 7.15. The van der Waals surface area contributed by atoms with Crippen molar-refractivity contribution in [2.75, 3.05) is 53.5 Å². The number of hydrogen-bond donors (Lipinski definition) is 1. The molecule has 184 valence electrons. The number of para-hydroxylation sites is 1. The molecule has 2 aliphatic heterocycles. The van der Waals surface area contributed by atoms with Gasteiger partial charge >= 0.3 is 0 Å². The number of aromatic nitrogens is 1. The summed E-state index contributed by atoms with van der Waals surface area (Å²) in [6, 6.07) is 15.5. The molecule has 2 amide bonds. The van der Waals surface area contributed by atoms with Crippen molar-refractivity contribution < 1.29 is 19.1 Å². The van der Waals surface area contributed by atoms with Crippen LogP contribution in [0.1, 0.15) is 34.9 Å². The molecule has 0 bridgehead atoms. The summed E-state index contributed by atoms with van der Waals surface area (Å²) in [5.74, 6) is 1.67. The van der Waals surface area contributed by atoms with Gasteiger partial charge in [-0.05, 0) is 43.2 Å². The standard InChI is InChI=1S/C27H32N4O4/c1-34-20-9-10-25(35-2)21(17-20)24-8-5-11-31(24)26(32)18-29-12-14-30(15-13-29)27(33)23-16-19-6-3-4-7-22(19)28-23/h3-4,6-7,9-10,16-17,24,28H,5,8,11-15,18H2,1-2H3. The van der Waals surface area contributed by atoms with E-state index in [0.29, 0.717) is 38.4 Å². The highest BCUT2D eigenvalue weighted by Gasteiger charge is 2.33. The topological polar surface area (TPSA) is 78.1 Å². The lowest BCUT2D eigenvalue weighted by Gasteiger charge is -2.35. The van der Waals surface area contributed by atoms with Crippen LogP contribution in [0.15, 0.2) is 48.5 Å². The van der Waals surface area contributed by atoms with Gasteiger partial charge in [-0.1, -0.05) is 18.2 Å². The van der Waals surface area contributed by atoms with Crippen LogP contribution in [0.2, 0.25) is 0 Å². The number of rotatable bonds is 6. The first-order valence-electron chi connectivity index (χ1n) is 12.2. The second-order valence-electron chi connectivity index (χ2n) is 9.19. The number of methoxy groups -OCH3 is 2. The predicted octanol–water partition coefficient (Wildman–Crippen LogP) is 3.31. The van der Waals surface area contributed by atoms with E-state index in [2.05, 4.69) is 9.88 Å². The molecule has 1 atom stereocenters. The minimum absolute atomic E-state index is 0.0110. The van der Waals surface area contributed by atoms with E-state index in [9.17, 15) is 9.59 Å². The van der Waals surface area contributed by atoms with Crippen LogP contribution in [0.25, 0.3) is 10.9 Å². The number of piperazine rings is 1. The third kappa shape index (κ3) is 4.71. The number of benzene rings is 2. The van der Waals surface area contributed by atoms with Crippen LogP contribution in [0.5, 0.6) is 11.5 Å². The molecule has 0 aliphatic carbocycles. The summed E-state index contributed by atoms with van der Waals surface area (Å²) in [5.41, 5.74) is 2.57. The van der Waals surface area contributed by atoms with Crippen molar-refractivity contribution in [3.05, 3.63) is 59.8 Å². The van der Waals surface area contributed by atoms with Gasteiger partial charge in [0.05, 0.1) is 26.8 Å². The third-order valence-corrected chi connectivity index (χ3v) is 7.15. The summed E-state index contributed by atoms with van der Waals surface area (Å²) in [6.45, 7) is 3.67. The zero-order chi connectivity index (χ0) is 24.4. The first-order chi connectivity index (χ1) is 17.1. The molecule has 2 aliphatic rings. The summed E-state index contributed by atoms with van der Waals surface area (Å²) in [4.78, 5) is 35.5. The average Bonchev–Trinajstić information content (AvgIpc) is 3.56. The second kappa shape index (κ2) is 10.00. The van der Waals surface area contributed by atoms with Gasteiger partial charge in [-0.2, -0.15) is 0 Å². The largest absolute Gasteiger partial charge is 0.497 e. The summed E-state index contributed by atoms with van der Waals surface area (Å²) in [6.07, 6.45) is 1.87. The van der Waals surface area contributed by atoms with E-state index in [0.717, 1.165) is 47.4 Å². The van der Waals surface area contributed by atoms with Crippen molar-refractivity contribution >= 4 is 22.7 Å². The van der Waals surface area contributed by atoms with Gasteiger partial charge in [0.15, 0.2) is 0 Å². The minimum Gasteiger partial charge on any atom is -0.497 e. The summed E-state index contributed by atoms with van der Waals surface area (Å²) >= 11 is 0. The second-order valence-corrected chi connectivity index (χ2v) is 9.19. The summed E-state index contributed by atoms with van der Waals surface area (Å²) in [7, 11) is 3.30. The lowest BCUT2D eigenvalue weighted by molar-refractivity contribution is -0.133. The molecule has 2 saturated heterocycles. The van der Waals surface area contributed by atoms with Gasteiger partial charge in [-0.15, -0.1) is 0 Å². The number of aromatic amines is 1. The van der Waals surface area contributed by atoms with Gasteiger partial charge in [0, 0.05) is 49.2 Å². The van der Waals surface area contributed by atoms with Gasteiger partial charge in [0.1, 0.15) is 17.2 Å². The lowest BCUT2D eigenvalue weighted by atomic mass is 10.0. The van der Waals surface area contributed by atoms with E-state index in [-0.39, 0.29) is 17.9 Å². The zero-order valence-corrected chi connectivity index (χ0v) is 20.3. The molecule has 1 aromatic heterocycles. The number of ether oxygens (including phenoxy) is 2. The molecule has 8 nitrogen and oxygen atoms in total. The molecule has 3 heterocycles. The number of nitrogens with one attached hydrogen (secondary N) is 1. The SMILES string of the molecule is COc1ccc(OC)c(C2CCCN2C(=O)CN2CCN(C(=O)c3cc4ccccc4[nH]3)CC2)c1. The number of nitrogens with zero attached hydrogens (tertiary/aromatic N) is 3. The van der Waals surface area contributed by atoms with Crippen molar-refractivity contribution in [1.82, 2.24) is 19.7 Å². The Balaban J connectivity index is 1.20. The predicted molar refractivity (Wildman–Crippen MR) is 134 cm³/mol. The Morgan fingerprint density at radius 2 is 1.77 bits per heavy atom. The maximum absolute atomic E-state index is 13.3. The number of hydrogen-bond acceptors (Lipinski definition) is 5. The summed E-state index contributed by atoms with van der Waals surface area (Å²) in [5, 5.41) is 1.04. The summed E-state index contributed by atoms with van der Waals surface area (Å²) < 4.78 is 11.0. The number of likely N-dealkylation sites (tertiary alicyclic amines) is 1. The van der Waals surface area contributed by atoms with Crippen LogP contribution in [0.4, 0.5) is 0 Å². The molecule has 3 aromatic rings. The molecule has 0 saturated carbocycles. The molecular weight excluding hydrogens is 444 g/mol. The molecular formula is C27H32N4O4. The van der Waals surface area contributed by atoms with E-state index in [4.69, 9.17) is 9.47 Å². The zero-order valence-electron chi connectivity index (χ0n) is 20.3. The highest BCUT2D eigenvalue weighted by atomic mass is 16.5. The Kier molecular flexibility index (Phi) is 6.63. The maximum Gasteiger partial charge on any atom is 0.270 e. The van der Waals surface area contributed by atoms with E-state index in [1.54, 1.807) is 14.2 Å². The van der Waals surface area contributed by atoms with Crippen molar-refractivity contribution in [2.24, 2.45) is 0 Å². The Morgan fingerprint density at radius 1 is 0.971 bits per heavy atom. The molecule has 35 heavy (non-hydrogen) atoms. The number of carbonyl (C=O) groups is 2. The van der Waals surface area contributed by atoms with E-state index in [1.165, 1.54) is 0 Å². The fourth-order valence-electron chi connectivity index (χ4n) is 5.24. The molecule has 8 heteroatoms. The first-order valence-corrected chi connectivity index (χ1v) is 12.2. The highest BCUT2D eigenvalue weighted by molar-refractivity contribution is 5.98. The first kappa shape index (κ1) is 23.2. The normalized spacial score (nSPS) is 18.7. The molecule has 0 spiro atoms. The minimum atomic E-state index is -0.0163. The average molecular weight is 477 g/mol. The molecule has 2 fully saturated rings. The number of H-pyrrole nitrogens is 1. The van der Waals surface area contributed by atoms with E-state index < -0.39 is 0 Å². The van der Waals surface area contributed by atoms with Crippen LogP contribution in [-0.4, -0.2) is 85.0 Å². The smallest absolute Gasteiger partial charge is 0.270 e.